The van der Waals surface area contributed by atoms with Crippen molar-refractivity contribution >= 4 is 11.8 Å². The van der Waals surface area contributed by atoms with Gasteiger partial charge >= 0.3 is 0 Å². The average Bonchev–Trinajstić information content (AvgIpc) is 2.73. The molecule has 1 aliphatic rings. The lowest BCUT2D eigenvalue weighted by Gasteiger charge is -2.15. The molecule has 1 aliphatic heterocycles. The molecule has 1 saturated heterocycles. The molecule has 0 spiro atoms. The first-order valence-corrected chi connectivity index (χ1v) is 9.37. The van der Waals surface area contributed by atoms with Crippen molar-refractivity contribution in [3.63, 3.8) is 0 Å². The second-order valence-electron chi connectivity index (χ2n) is 6.66. The van der Waals surface area contributed by atoms with Gasteiger partial charge in [0.2, 0.25) is 11.8 Å². The highest BCUT2D eigenvalue weighted by molar-refractivity contribution is 5.93. The van der Waals surface area contributed by atoms with Gasteiger partial charge in [0, 0.05) is 24.6 Å². The molecule has 0 aliphatic carbocycles. The molecule has 2 N–H and O–H groups in total. The Morgan fingerprint density at radius 1 is 1.22 bits per heavy atom. The van der Waals surface area contributed by atoms with Crippen LogP contribution in [0.15, 0.2) is 11.6 Å². The molecule has 132 valence electrons. The fraction of sp³-hybridized carbons (Fsp3) is 0.789. The van der Waals surface area contributed by atoms with Gasteiger partial charge in [-0.1, -0.05) is 51.5 Å². The fourth-order valence-corrected chi connectivity index (χ4v) is 2.91. The summed E-state index contributed by atoms with van der Waals surface area (Å²) in [6, 6.07) is -0.0214. The quantitative estimate of drug-likeness (QED) is 0.474. The summed E-state index contributed by atoms with van der Waals surface area (Å²) in [6.45, 7) is 4.83. The summed E-state index contributed by atoms with van der Waals surface area (Å²) in [7, 11) is 0. The molecule has 0 aromatic rings. The van der Waals surface area contributed by atoms with Crippen LogP contribution in [0.25, 0.3) is 0 Å². The van der Waals surface area contributed by atoms with E-state index in [9.17, 15) is 9.59 Å². The second-order valence-corrected chi connectivity index (χ2v) is 6.66. The van der Waals surface area contributed by atoms with Gasteiger partial charge in [0.15, 0.2) is 0 Å². The van der Waals surface area contributed by atoms with Crippen LogP contribution in [0.5, 0.6) is 0 Å². The molecule has 0 saturated carbocycles. The van der Waals surface area contributed by atoms with Crippen molar-refractivity contribution in [1.29, 1.82) is 0 Å². The predicted molar refractivity (Wildman–Crippen MR) is 95.2 cm³/mol. The Kier molecular flexibility index (Phi) is 10.4. The third kappa shape index (κ3) is 9.42. The first-order valence-electron chi connectivity index (χ1n) is 9.37. The van der Waals surface area contributed by atoms with E-state index >= 15 is 0 Å². The zero-order chi connectivity index (χ0) is 16.9. The van der Waals surface area contributed by atoms with E-state index < -0.39 is 0 Å². The fourth-order valence-electron chi connectivity index (χ4n) is 2.91. The van der Waals surface area contributed by atoms with Gasteiger partial charge in [-0.2, -0.15) is 0 Å². The van der Waals surface area contributed by atoms with Crippen LogP contribution in [0.2, 0.25) is 0 Å². The highest BCUT2D eigenvalue weighted by atomic mass is 16.2. The molecule has 1 heterocycles. The van der Waals surface area contributed by atoms with E-state index in [0.717, 1.165) is 37.8 Å². The molecule has 0 aromatic heterocycles. The van der Waals surface area contributed by atoms with Gasteiger partial charge in [-0.3, -0.25) is 9.59 Å². The maximum Gasteiger partial charge on any atom is 0.246 e. The van der Waals surface area contributed by atoms with Gasteiger partial charge in [-0.15, -0.1) is 0 Å². The number of allylic oxidation sites excluding steroid dienone is 1. The Bertz CT molecular complexity index is 391. The van der Waals surface area contributed by atoms with Crippen molar-refractivity contribution in [3.8, 4) is 0 Å². The number of hydrogen-bond acceptors (Lipinski definition) is 2. The van der Waals surface area contributed by atoms with Crippen LogP contribution in [0, 0.1) is 0 Å². The number of amides is 2. The number of carbonyl (C=O) groups excluding carboxylic acids is 2. The second kappa shape index (κ2) is 12.1. The Labute approximate surface area is 141 Å². The van der Waals surface area contributed by atoms with E-state index in [1.165, 1.54) is 38.5 Å². The summed E-state index contributed by atoms with van der Waals surface area (Å²) in [6.07, 6.45) is 14.2. The first-order chi connectivity index (χ1) is 11.1. The van der Waals surface area contributed by atoms with Crippen molar-refractivity contribution in [2.45, 2.75) is 90.5 Å². The highest BCUT2D eigenvalue weighted by Gasteiger charge is 2.19. The minimum Gasteiger partial charge on any atom is -0.356 e. The lowest BCUT2D eigenvalue weighted by Crippen LogP contribution is -2.37. The van der Waals surface area contributed by atoms with Crippen LogP contribution >= 0.6 is 0 Å². The van der Waals surface area contributed by atoms with Gasteiger partial charge < -0.3 is 10.6 Å². The summed E-state index contributed by atoms with van der Waals surface area (Å²) in [5, 5.41) is 5.83. The van der Waals surface area contributed by atoms with Crippen molar-refractivity contribution in [2.24, 2.45) is 0 Å². The molecule has 0 unspecified atom stereocenters. The molecule has 23 heavy (non-hydrogen) atoms. The third-order valence-corrected chi connectivity index (χ3v) is 4.43. The minimum absolute atomic E-state index is 0.0207. The van der Waals surface area contributed by atoms with E-state index in [4.69, 9.17) is 0 Å². The maximum atomic E-state index is 12.2. The van der Waals surface area contributed by atoms with E-state index in [1.807, 2.05) is 13.0 Å². The zero-order valence-corrected chi connectivity index (χ0v) is 15.0. The third-order valence-electron chi connectivity index (χ3n) is 4.43. The molecule has 0 bridgehead atoms. The van der Waals surface area contributed by atoms with Crippen LogP contribution in [-0.4, -0.2) is 24.4 Å². The molecular weight excluding hydrogens is 288 g/mol. The Morgan fingerprint density at radius 2 is 1.91 bits per heavy atom. The Balaban J connectivity index is 2.17. The summed E-state index contributed by atoms with van der Waals surface area (Å²) >= 11 is 0. The number of hydrogen-bond donors (Lipinski definition) is 2. The van der Waals surface area contributed by atoms with Gasteiger partial charge in [-0.05, 0) is 32.6 Å². The Hall–Kier alpha value is -1.32. The number of nitrogens with one attached hydrogen (secondary N) is 2. The van der Waals surface area contributed by atoms with E-state index in [0.29, 0.717) is 6.42 Å². The van der Waals surface area contributed by atoms with Crippen LogP contribution in [0.4, 0.5) is 0 Å². The van der Waals surface area contributed by atoms with Crippen LogP contribution in [-0.2, 0) is 9.59 Å². The monoisotopic (exact) mass is 322 g/mol. The number of carbonyl (C=O) groups is 2. The van der Waals surface area contributed by atoms with Gasteiger partial charge in [0.05, 0.1) is 0 Å². The van der Waals surface area contributed by atoms with Gasteiger partial charge in [0.1, 0.15) is 0 Å². The van der Waals surface area contributed by atoms with E-state index in [1.54, 1.807) is 0 Å². The summed E-state index contributed by atoms with van der Waals surface area (Å²) in [5.74, 6) is 0.0187. The van der Waals surface area contributed by atoms with Crippen molar-refractivity contribution in [2.75, 3.05) is 6.54 Å². The normalized spacial score (nSPS) is 19.1. The molecule has 2 amide bonds. The van der Waals surface area contributed by atoms with E-state index in [2.05, 4.69) is 17.6 Å². The summed E-state index contributed by atoms with van der Waals surface area (Å²) in [4.78, 5) is 23.7. The summed E-state index contributed by atoms with van der Waals surface area (Å²) in [5.41, 5.74) is 0.778. The topological polar surface area (TPSA) is 58.2 Å². The first kappa shape index (κ1) is 19.7. The molecular formula is C19H34N2O2. The molecule has 1 fully saturated rings. The summed E-state index contributed by atoms with van der Waals surface area (Å²) < 4.78 is 0. The standard InChI is InChI=1S/C19H34N2O2/c1-3-4-5-6-7-8-9-10-12-16(2)19(23)21-17-13-11-14-20-18(22)15-17/h12,17H,3-11,13-15H2,1-2H3,(H,20,22)(H,21,23)/b16-12+/t17-/m0/s1. The Morgan fingerprint density at radius 3 is 2.65 bits per heavy atom. The largest absolute Gasteiger partial charge is 0.356 e. The van der Waals surface area contributed by atoms with Gasteiger partial charge in [-0.25, -0.2) is 0 Å². The van der Waals surface area contributed by atoms with Crippen molar-refractivity contribution in [1.82, 2.24) is 10.6 Å². The van der Waals surface area contributed by atoms with Gasteiger partial charge in [0.25, 0.3) is 0 Å². The number of rotatable bonds is 10. The van der Waals surface area contributed by atoms with Crippen LogP contribution in [0.1, 0.15) is 84.5 Å². The highest BCUT2D eigenvalue weighted by Crippen LogP contribution is 2.11. The molecule has 0 aromatic carbocycles. The van der Waals surface area contributed by atoms with Crippen LogP contribution < -0.4 is 10.6 Å². The molecule has 1 rings (SSSR count). The van der Waals surface area contributed by atoms with Crippen LogP contribution in [0.3, 0.4) is 0 Å². The van der Waals surface area contributed by atoms with Crippen molar-refractivity contribution < 1.29 is 9.59 Å². The predicted octanol–water partition coefficient (Wildman–Crippen LogP) is 3.86. The molecule has 4 nitrogen and oxygen atoms in total. The van der Waals surface area contributed by atoms with E-state index in [-0.39, 0.29) is 17.9 Å². The number of unbranched alkanes of at least 4 members (excludes halogenated alkanes) is 7. The SMILES string of the molecule is CCCCCCCCC/C=C(\C)C(=O)N[C@H]1CCCNC(=O)C1. The lowest BCUT2D eigenvalue weighted by atomic mass is 10.1. The molecule has 1 atom stereocenters. The minimum atomic E-state index is -0.0214. The smallest absolute Gasteiger partial charge is 0.246 e. The maximum absolute atomic E-state index is 12.2. The molecule has 0 radical (unpaired) electrons. The molecule has 4 heteroatoms. The lowest BCUT2D eigenvalue weighted by molar-refractivity contribution is -0.121. The van der Waals surface area contributed by atoms with Crippen molar-refractivity contribution in [3.05, 3.63) is 11.6 Å². The average molecular weight is 322 g/mol. The zero-order valence-electron chi connectivity index (χ0n) is 15.0.